The van der Waals surface area contributed by atoms with Crippen LogP contribution < -0.4 is 0 Å². The summed E-state index contributed by atoms with van der Waals surface area (Å²) in [6, 6.07) is -0.697. The molecule has 2 aliphatic rings. The highest BCUT2D eigenvalue weighted by Gasteiger charge is 2.48. The quantitative estimate of drug-likeness (QED) is 0.321. The average Bonchev–Trinajstić information content (AvgIpc) is 2.71. The summed E-state index contributed by atoms with van der Waals surface area (Å²) in [5, 5.41) is 0. The number of cyclic esters (lactones) is 1. The van der Waals surface area contributed by atoms with Crippen LogP contribution in [0, 0.1) is 5.41 Å². The number of likely N-dealkylation sites (tertiary alicyclic amines) is 1. The molecule has 2 amide bonds. The number of rotatable bonds is 2. The molecule has 2 unspecified atom stereocenters. The molecule has 17 heavy (non-hydrogen) atoms. The molecule has 2 saturated heterocycles. The van der Waals surface area contributed by atoms with E-state index in [9.17, 15) is 14.4 Å². The van der Waals surface area contributed by atoms with Gasteiger partial charge in [-0.2, -0.15) is 0 Å². The van der Waals surface area contributed by atoms with Gasteiger partial charge in [0, 0.05) is 17.3 Å². The third-order valence-electron chi connectivity index (χ3n) is 3.41. The molecule has 0 radical (unpaired) electrons. The molecule has 0 spiro atoms. The highest BCUT2D eigenvalue weighted by molar-refractivity contribution is 14.1. The summed E-state index contributed by atoms with van der Waals surface area (Å²) in [7, 11) is 0. The van der Waals surface area contributed by atoms with Crippen LogP contribution in [-0.2, 0) is 19.1 Å². The molecule has 2 fully saturated rings. The molecule has 0 bridgehead atoms. The number of carbonyl (C=O) groups excluding carboxylic acids is 3. The van der Waals surface area contributed by atoms with Crippen molar-refractivity contribution >= 4 is 40.4 Å². The maximum atomic E-state index is 12.3. The van der Waals surface area contributed by atoms with Crippen LogP contribution in [-0.4, -0.2) is 39.8 Å². The van der Waals surface area contributed by atoms with Crippen molar-refractivity contribution in [1.29, 1.82) is 0 Å². The highest BCUT2D eigenvalue weighted by Crippen LogP contribution is 2.35. The van der Waals surface area contributed by atoms with Gasteiger partial charge in [-0.3, -0.25) is 14.5 Å². The number of halogens is 1. The van der Waals surface area contributed by atoms with Gasteiger partial charge in [-0.1, -0.05) is 22.6 Å². The van der Waals surface area contributed by atoms with Gasteiger partial charge in [-0.15, -0.1) is 0 Å². The highest BCUT2D eigenvalue weighted by atomic mass is 127. The molecule has 0 N–H and O–H groups in total. The van der Waals surface area contributed by atoms with Gasteiger partial charge < -0.3 is 4.74 Å². The number of alkyl halides is 1. The molecule has 0 aromatic rings. The Labute approximate surface area is 113 Å². The third-order valence-corrected chi connectivity index (χ3v) is 5.09. The standard InChI is InChI=1S/C11H14INO4/c1-11(6-12)4-2-8(14)13(10(11)16)7-3-5-17-9(7)15/h7H,2-6H2,1H3. The summed E-state index contributed by atoms with van der Waals surface area (Å²) in [5.74, 6) is -0.933. The summed E-state index contributed by atoms with van der Waals surface area (Å²) < 4.78 is 5.48. The third kappa shape index (κ3) is 2.07. The minimum absolute atomic E-state index is 0.230. The van der Waals surface area contributed by atoms with Crippen molar-refractivity contribution in [3.8, 4) is 0 Å². The zero-order valence-corrected chi connectivity index (χ0v) is 11.7. The molecule has 0 aliphatic carbocycles. The number of esters is 1. The molecular weight excluding hydrogens is 337 g/mol. The molecule has 2 atom stereocenters. The first-order valence-electron chi connectivity index (χ1n) is 5.59. The number of piperidine rings is 1. The van der Waals surface area contributed by atoms with E-state index in [0.717, 1.165) is 4.90 Å². The van der Waals surface area contributed by atoms with Crippen LogP contribution in [0.1, 0.15) is 26.2 Å². The number of nitrogens with zero attached hydrogens (tertiary/aromatic N) is 1. The Kier molecular flexibility index (Phi) is 3.42. The number of amides is 2. The van der Waals surface area contributed by atoms with Gasteiger partial charge in [-0.05, 0) is 13.3 Å². The van der Waals surface area contributed by atoms with E-state index in [1.165, 1.54) is 0 Å². The van der Waals surface area contributed by atoms with Crippen LogP contribution in [0.2, 0.25) is 0 Å². The van der Waals surface area contributed by atoms with Crippen molar-refractivity contribution in [1.82, 2.24) is 4.90 Å². The second-order valence-corrected chi connectivity index (χ2v) is 5.50. The number of hydrogen-bond acceptors (Lipinski definition) is 4. The Morgan fingerprint density at radius 2 is 2.18 bits per heavy atom. The van der Waals surface area contributed by atoms with Gasteiger partial charge in [0.15, 0.2) is 0 Å². The predicted octanol–water partition coefficient (Wildman–Crippen LogP) is 0.892. The lowest BCUT2D eigenvalue weighted by Crippen LogP contribution is -2.56. The van der Waals surface area contributed by atoms with E-state index in [4.69, 9.17) is 4.74 Å². The van der Waals surface area contributed by atoms with E-state index < -0.39 is 17.4 Å². The monoisotopic (exact) mass is 351 g/mol. The summed E-state index contributed by atoms with van der Waals surface area (Å²) in [6.07, 6.45) is 1.31. The van der Waals surface area contributed by atoms with Crippen LogP contribution in [0.25, 0.3) is 0 Å². The molecule has 2 aliphatic heterocycles. The summed E-state index contributed by atoms with van der Waals surface area (Å²) in [4.78, 5) is 36.8. The van der Waals surface area contributed by atoms with Gasteiger partial charge in [0.25, 0.3) is 0 Å². The number of imide groups is 1. The first-order chi connectivity index (χ1) is 7.99. The molecule has 5 nitrogen and oxygen atoms in total. The second-order valence-electron chi connectivity index (χ2n) is 4.74. The topological polar surface area (TPSA) is 63.7 Å². The predicted molar refractivity (Wildman–Crippen MR) is 67.4 cm³/mol. The zero-order valence-electron chi connectivity index (χ0n) is 9.57. The summed E-state index contributed by atoms with van der Waals surface area (Å²) in [5.41, 5.74) is -0.530. The lowest BCUT2D eigenvalue weighted by atomic mass is 9.82. The minimum Gasteiger partial charge on any atom is -0.464 e. The lowest BCUT2D eigenvalue weighted by molar-refractivity contribution is -0.163. The van der Waals surface area contributed by atoms with Gasteiger partial charge >= 0.3 is 5.97 Å². The van der Waals surface area contributed by atoms with Crippen molar-refractivity contribution in [2.75, 3.05) is 11.0 Å². The minimum atomic E-state index is -0.697. The Bertz CT molecular complexity index is 384. The Morgan fingerprint density at radius 3 is 2.71 bits per heavy atom. The number of hydrogen-bond donors (Lipinski definition) is 0. The Morgan fingerprint density at radius 1 is 1.47 bits per heavy atom. The molecule has 2 heterocycles. The molecule has 94 valence electrons. The van der Waals surface area contributed by atoms with Gasteiger partial charge in [0.1, 0.15) is 6.04 Å². The molecule has 6 heteroatoms. The van der Waals surface area contributed by atoms with E-state index in [0.29, 0.717) is 30.3 Å². The molecular formula is C11H14INO4. The van der Waals surface area contributed by atoms with E-state index in [1.54, 1.807) is 0 Å². The number of carbonyl (C=O) groups is 3. The van der Waals surface area contributed by atoms with E-state index in [1.807, 2.05) is 6.92 Å². The molecule has 0 aromatic carbocycles. The van der Waals surface area contributed by atoms with Crippen molar-refractivity contribution < 1.29 is 19.1 Å². The smallest absolute Gasteiger partial charge is 0.329 e. The van der Waals surface area contributed by atoms with Crippen LogP contribution in [0.15, 0.2) is 0 Å². The fourth-order valence-electron chi connectivity index (χ4n) is 2.17. The van der Waals surface area contributed by atoms with E-state index in [-0.39, 0.29) is 11.8 Å². The molecule has 2 rings (SSSR count). The second kappa shape index (κ2) is 4.55. The normalized spacial score (nSPS) is 34.1. The van der Waals surface area contributed by atoms with Crippen molar-refractivity contribution in [2.24, 2.45) is 5.41 Å². The van der Waals surface area contributed by atoms with Crippen LogP contribution >= 0.6 is 22.6 Å². The van der Waals surface area contributed by atoms with E-state index in [2.05, 4.69) is 22.6 Å². The molecule has 0 aromatic heterocycles. The maximum absolute atomic E-state index is 12.3. The van der Waals surface area contributed by atoms with Crippen LogP contribution in [0.3, 0.4) is 0 Å². The SMILES string of the molecule is CC1(CI)CCC(=O)N(C2CCOC2=O)C1=O. The van der Waals surface area contributed by atoms with Crippen molar-refractivity contribution in [3.05, 3.63) is 0 Å². The fraction of sp³-hybridized carbons (Fsp3) is 0.727. The van der Waals surface area contributed by atoms with Crippen molar-refractivity contribution in [3.63, 3.8) is 0 Å². The Balaban J connectivity index is 2.27. The summed E-state index contributed by atoms with van der Waals surface area (Å²) in [6.45, 7) is 2.14. The van der Waals surface area contributed by atoms with Gasteiger partial charge in [0.05, 0.1) is 12.0 Å². The van der Waals surface area contributed by atoms with Crippen molar-refractivity contribution in [2.45, 2.75) is 32.2 Å². The average molecular weight is 351 g/mol. The number of ether oxygens (including phenoxy) is 1. The van der Waals surface area contributed by atoms with Gasteiger partial charge in [-0.25, -0.2) is 4.79 Å². The Hall–Kier alpha value is -0.660. The summed E-state index contributed by atoms with van der Waals surface area (Å²) >= 11 is 2.15. The lowest BCUT2D eigenvalue weighted by Gasteiger charge is -2.38. The first-order valence-corrected chi connectivity index (χ1v) is 7.11. The first kappa shape index (κ1) is 12.8. The largest absolute Gasteiger partial charge is 0.464 e. The fourth-order valence-corrected chi connectivity index (χ4v) is 2.88. The maximum Gasteiger partial charge on any atom is 0.329 e. The molecule has 0 saturated carbocycles. The van der Waals surface area contributed by atoms with Crippen LogP contribution in [0.5, 0.6) is 0 Å². The van der Waals surface area contributed by atoms with E-state index >= 15 is 0 Å². The van der Waals surface area contributed by atoms with Gasteiger partial charge in [0.2, 0.25) is 11.8 Å². The van der Waals surface area contributed by atoms with Crippen LogP contribution in [0.4, 0.5) is 0 Å². The zero-order chi connectivity index (χ0) is 12.6.